The largest absolute Gasteiger partial charge is 0.394 e. The Bertz CT molecular complexity index is 307. The van der Waals surface area contributed by atoms with Gasteiger partial charge in [0, 0.05) is 7.05 Å². The first-order chi connectivity index (χ1) is 6.49. The summed E-state index contributed by atoms with van der Waals surface area (Å²) in [5.41, 5.74) is -0.607. The number of carbonyl (C=O) groups excluding carboxylic acids is 1. The molecule has 0 aliphatic heterocycles. The second kappa shape index (κ2) is 3.75. The molecular weight excluding hydrogens is 184 g/mol. The summed E-state index contributed by atoms with van der Waals surface area (Å²) in [6.45, 7) is 3.42. The highest BCUT2D eigenvalue weighted by Gasteiger charge is 2.28. The number of nitrogens with one attached hydrogen (secondary N) is 1. The second-order valence-corrected chi connectivity index (χ2v) is 3.67. The fraction of sp³-hybridized carbons (Fsp3) is 0.625. The fourth-order valence-electron chi connectivity index (χ4n) is 0.848. The Morgan fingerprint density at radius 3 is 2.79 bits per heavy atom. The monoisotopic (exact) mass is 198 g/mol. The number of aromatic amines is 1. The average molecular weight is 198 g/mol. The fourth-order valence-corrected chi connectivity index (χ4v) is 0.848. The van der Waals surface area contributed by atoms with Crippen LogP contribution in [0.1, 0.15) is 24.5 Å². The number of H-pyrrole nitrogens is 1. The lowest BCUT2D eigenvalue weighted by atomic mass is 10.1. The zero-order valence-electron chi connectivity index (χ0n) is 8.48. The van der Waals surface area contributed by atoms with Gasteiger partial charge < -0.3 is 10.0 Å². The van der Waals surface area contributed by atoms with Crippen LogP contribution in [0.2, 0.25) is 0 Å². The Morgan fingerprint density at radius 1 is 1.71 bits per heavy atom. The Hall–Kier alpha value is -1.43. The van der Waals surface area contributed by atoms with E-state index in [1.54, 1.807) is 20.9 Å². The van der Waals surface area contributed by atoms with Crippen molar-refractivity contribution in [3.63, 3.8) is 0 Å². The first-order valence-corrected chi connectivity index (χ1v) is 4.23. The number of hydrogen-bond acceptors (Lipinski definition) is 4. The molecule has 1 rings (SSSR count). The summed E-state index contributed by atoms with van der Waals surface area (Å²) in [6.07, 6.45) is 1.27. The molecule has 1 aromatic heterocycles. The molecule has 0 unspecified atom stereocenters. The molecule has 0 saturated carbocycles. The summed E-state index contributed by atoms with van der Waals surface area (Å²) in [4.78, 5) is 16.9. The van der Waals surface area contributed by atoms with Gasteiger partial charge in [-0.15, -0.1) is 0 Å². The van der Waals surface area contributed by atoms with E-state index in [4.69, 9.17) is 5.11 Å². The average Bonchev–Trinajstić information content (AvgIpc) is 2.68. The van der Waals surface area contributed by atoms with Crippen LogP contribution >= 0.6 is 0 Å². The molecule has 0 aliphatic carbocycles. The highest BCUT2D eigenvalue weighted by Crippen LogP contribution is 2.12. The third-order valence-electron chi connectivity index (χ3n) is 2.22. The molecule has 6 heteroatoms. The minimum Gasteiger partial charge on any atom is -0.394 e. The van der Waals surface area contributed by atoms with Crippen LogP contribution in [0.15, 0.2) is 6.33 Å². The van der Waals surface area contributed by atoms with Gasteiger partial charge in [0.1, 0.15) is 6.33 Å². The van der Waals surface area contributed by atoms with Crippen LogP contribution in [0.3, 0.4) is 0 Å². The maximum atomic E-state index is 11.7. The van der Waals surface area contributed by atoms with E-state index >= 15 is 0 Å². The lowest BCUT2D eigenvalue weighted by Gasteiger charge is -2.33. The van der Waals surface area contributed by atoms with Gasteiger partial charge in [-0.25, -0.2) is 4.98 Å². The standard InChI is InChI=1S/C8H14N4O2/c1-8(2,4-13)12(3)7(14)6-9-5-10-11-6/h5,13H,4H2,1-3H3,(H,9,10,11). The van der Waals surface area contributed by atoms with Gasteiger partial charge in [0.15, 0.2) is 0 Å². The van der Waals surface area contributed by atoms with Crippen LogP contribution < -0.4 is 0 Å². The lowest BCUT2D eigenvalue weighted by Crippen LogP contribution is -2.48. The number of nitrogens with zero attached hydrogens (tertiary/aromatic N) is 3. The van der Waals surface area contributed by atoms with Crippen LogP contribution in [0.25, 0.3) is 0 Å². The minimum atomic E-state index is -0.607. The second-order valence-electron chi connectivity index (χ2n) is 3.67. The molecule has 2 N–H and O–H groups in total. The topological polar surface area (TPSA) is 82.1 Å². The highest BCUT2D eigenvalue weighted by atomic mass is 16.3. The number of carbonyl (C=O) groups is 1. The lowest BCUT2D eigenvalue weighted by molar-refractivity contribution is 0.0462. The van der Waals surface area contributed by atoms with Gasteiger partial charge in [-0.05, 0) is 13.8 Å². The molecule has 0 fully saturated rings. The van der Waals surface area contributed by atoms with Gasteiger partial charge in [0.2, 0.25) is 5.82 Å². The summed E-state index contributed by atoms with van der Waals surface area (Å²) in [5, 5.41) is 15.1. The predicted octanol–water partition coefficient (Wildman–Crippen LogP) is -0.352. The van der Waals surface area contributed by atoms with E-state index in [2.05, 4.69) is 15.2 Å². The SMILES string of the molecule is CN(C(=O)c1ncn[nH]1)C(C)(C)CO. The summed E-state index contributed by atoms with van der Waals surface area (Å²) in [5.74, 6) is -0.115. The minimum absolute atomic E-state index is 0.108. The Balaban J connectivity index is 2.81. The molecule has 1 amide bonds. The maximum absolute atomic E-state index is 11.7. The van der Waals surface area contributed by atoms with E-state index in [0.717, 1.165) is 0 Å². The Morgan fingerprint density at radius 2 is 2.36 bits per heavy atom. The molecule has 1 heterocycles. The molecule has 1 aromatic rings. The van der Waals surface area contributed by atoms with Crippen LogP contribution in [-0.4, -0.2) is 50.3 Å². The molecule has 0 bridgehead atoms. The zero-order valence-corrected chi connectivity index (χ0v) is 8.48. The van der Waals surface area contributed by atoms with Gasteiger partial charge in [-0.2, -0.15) is 5.10 Å². The number of amides is 1. The predicted molar refractivity (Wildman–Crippen MR) is 49.6 cm³/mol. The number of aliphatic hydroxyl groups excluding tert-OH is 1. The van der Waals surface area contributed by atoms with E-state index < -0.39 is 5.54 Å². The van der Waals surface area contributed by atoms with Crippen molar-refractivity contribution in [1.82, 2.24) is 20.1 Å². The van der Waals surface area contributed by atoms with E-state index in [9.17, 15) is 4.79 Å². The molecule has 0 saturated heterocycles. The quantitative estimate of drug-likeness (QED) is 0.695. The number of aliphatic hydroxyl groups is 1. The molecule has 6 nitrogen and oxygen atoms in total. The van der Waals surface area contributed by atoms with Crippen LogP contribution in [0.5, 0.6) is 0 Å². The van der Waals surface area contributed by atoms with Crippen molar-refractivity contribution in [3.05, 3.63) is 12.2 Å². The first kappa shape index (κ1) is 10.6. The van der Waals surface area contributed by atoms with Crippen molar-refractivity contribution >= 4 is 5.91 Å². The number of likely N-dealkylation sites (N-methyl/N-ethyl adjacent to an activating group) is 1. The van der Waals surface area contributed by atoms with Crippen LogP contribution in [0.4, 0.5) is 0 Å². The summed E-state index contributed by atoms with van der Waals surface area (Å²) < 4.78 is 0. The Labute approximate surface area is 82.0 Å². The van der Waals surface area contributed by atoms with Gasteiger partial charge in [0.05, 0.1) is 12.1 Å². The summed E-state index contributed by atoms with van der Waals surface area (Å²) in [6, 6.07) is 0. The molecule has 0 radical (unpaired) electrons. The normalized spacial score (nSPS) is 11.4. The molecule has 78 valence electrons. The molecule has 0 aromatic carbocycles. The van der Waals surface area contributed by atoms with Crippen molar-refractivity contribution < 1.29 is 9.90 Å². The molecular formula is C8H14N4O2. The first-order valence-electron chi connectivity index (χ1n) is 4.23. The molecule has 0 aliphatic rings. The van der Waals surface area contributed by atoms with Gasteiger partial charge in [-0.3, -0.25) is 9.89 Å². The van der Waals surface area contributed by atoms with Crippen molar-refractivity contribution in [3.8, 4) is 0 Å². The van der Waals surface area contributed by atoms with E-state index in [1.165, 1.54) is 11.2 Å². The molecule has 0 atom stereocenters. The van der Waals surface area contributed by atoms with Crippen LogP contribution in [0, 0.1) is 0 Å². The molecule has 0 spiro atoms. The number of aromatic nitrogens is 3. The highest BCUT2D eigenvalue weighted by molar-refractivity contribution is 5.90. The van der Waals surface area contributed by atoms with Crippen molar-refractivity contribution in [1.29, 1.82) is 0 Å². The number of rotatable bonds is 3. The third-order valence-corrected chi connectivity index (χ3v) is 2.22. The Kier molecular flexibility index (Phi) is 2.85. The maximum Gasteiger partial charge on any atom is 0.291 e. The van der Waals surface area contributed by atoms with Gasteiger partial charge in [0.25, 0.3) is 5.91 Å². The summed E-state index contributed by atoms with van der Waals surface area (Å²) >= 11 is 0. The summed E-state index contributed by atoms with van der Waals surface area (Å²) in [7, 11) is 1.61. The van der Waals surface area contributed by atoms with Crippen molar-refractivity contribution in [2.45, 2.75) is 19.4 Å². The van der Waals surface area contributed by atoms with Gasteiger partial charge in [-0.1, -0.05) is 0 Å². The number of hydrogen-bond donors (Lipinski definition) is 2. The third kappa shape index (κ3) is 1.90. The van der Waals surface area contributed by atoms with E-state index in [-0.39, 0.29) is 18.3 Å². The smallest absolute Gasteiger partial charge is 0.291 e. The van der Waals surface area contributed by atoms with Crippen LogP contribution in [-0.2, 0) is 0 Å². The van der Waals surface area contributed by atoms with Crippen molar-refractivity contribution in [2.75, 3.05) is 13.7 Å². The molecule has 14 heavy (non-hydrogen) atoms. The van der Waals surface area contributed by atoms with Crippen molar-refractivity contribution in [2.24, 2.45) is 0 Å². The zero-order chi connectivity index (χ0) is 10.8. The van der Waals surface area contributed by atoms with Gasteiger partial charge >= 0.3 is 0 Å². The van der Waals surface area contributed by atoms with E-state index in [1.807, 2.05) is 0 Å². The van der Waals surface area contributed by atoms with E-state index in [0.29, 0.717) is 0 Å².